The smallest absolute Gasteiger partial charge is 0.265 e. The molecular weight excluding hydrogens is 419 g/mol. The number of benzene rings is 3. The number of sulfonamides is 1. The van der Waals surface area contributed by atoms with E-state index in [4.69, 9.17) is 4.74 Å². The average Bonchev–Trinajstić information content (AvgIpc) is 2.72. The fourth-order valence-electron chi connectivity index (χ4n) is 2.77. The highest BCUT2D eigenvalue weighted by atomic mass is 32.2. The number of ether oxygens (including phenoxy) is 1. The molecule has 0 aromatic heterocycles. The van der Waals surface area contributed by atoms with Gasteiger partial charge in [0.1, 0.15) is 11.6 Å². The molecule has 0 heterocycles. The van der Waals surface area contributed by atoms with Crippen molar-refractivity contribution in [2.75, 3.05) is 10.0 Å². The lowest BCUT2D eigenvalue weighted by Gasteiger charge is -2.17. The summed E-state index contributed by atoms with van der Waals surface area (Å²) in [6.45, 7) is 5.48. The fraction of sp³-hybridized carbons (Fsp3) is 0.174. The van der Waals surface area contributed by atoms with Crippen LogP contribution in [-0.2, 0) is 14.8 Å². The first kappa shape index (κ1) is 22.3. The number of hydrogen-bond acceptors (Lipinski definition) is 4. The van der Waals surface area contributed by atoms with E-state index in [1.807, 2.05) is 32.0 Å². The number of carbonyl (C=O) groups is 1. The van der Waals surface area contributed by atoms with Crippen molar-refractivity contribution in [1.82, 2.24) is 0 Å². The Morgan fingerprint density at radius 2 is 1.55 bits per heavy atom. The predicted octanol–water partition coefficient (Wildman–Crippen LogP) is 4.65. The molecule has 1 amide bonds. The van der Waals surface area contributed by atoms with Crippen LogP contribution in [-0.4, -0.2) is 20.4 Å². The van der Waals surface area contributed by atoms with Crippen molar-refractivity contribution in [2.24, 2.45) is 0 Å². The minimum absolute atomic E-state index is 0.00880. The molecule has 31 heavy (non-hydrogen) atoms. The van der Waals surface area contributed by atoms with Crippen LogP contribution < -0.4 is 14.8 Å². The standard InChI is InChI=1S/C23H23FN2O4S/c1-15-4-5-16(2)22(14-15)30-17(3)23(27)25-19-10-12-21(13-11-19)31(28,29)26-20-8-6-18(24)7-9-20/h4-14,17,26H,1-3H3,(H,25,27). The van der Waals surface area contributed by atoms with Gasteiger partial charge in [0.2, 0.25) is 0 Å². The normalized spacial score (nSPS) is 12.1. The molecule has 3 aromatic rings. The lowest BCUT2D eigenvalue weighted by molar-refractivity contribution is -0.122. The van der Waals surface area contributed by atoms with Gasteiger partial charge in [0, 0.05) is 11.4 Å². The van der Waals surface area contributed by atoms with Crippen molar-refractivity contribution in [3.05, 3.63) is 83.7 Å². The molecule has 162 valence electrons. The summed E-state index contributed by atoms with van der Waals surface area (Å²) in [5.74, 6) is -0.185. The van der Waals surface area contributed by atoms with E-state index in [2.05, 4.69) is 10.0 Å². The molecule has 3 rings (SSSR count). The number of nitrogens with one attached hydrogen (secondary N) is 2. The molecule has 0 aliphatic carbocycles. The second kappa shape index (κ2) is 9.18. The quantitative estimate of drug-likeness (QED) is 0.558. The Morgan fingerprint density at radius 1 is 0.935 bits per heavy atom. The van der Waals surface area contributed by atoms with Gasteiger partial charge in [0.25, 0.3) is 15.9 Å². The Hall–Kier alpha value is -3.39. The predicted molar refractivity (Wildman–Crippen MR) is 118 cm³/mol. The Balaban J connectivity index is 1.64. The van der Waals surface area contributed by atoms with Gasteiger partial charge in [-0.2, -0.15) is 0 Å². The van der Waals surface area contributed by atoms with E-state index in [-0.39, 0.29) is 16.5 Å². The minimum Gasteiger partial charge on any atom is -0.481 e. The number of hydrogen-bond donors (Lipinski definition) is 2. The highest BCUT2D eigenvalue weighted by Crippen LogP contribution is 2.22. The zero-order valence-electron chi connectivity index (χ0n) is 17.3. The van der Waals surface area contributed by atoms with Crippen molar-refractivity contribution < 1.29 is 22.3 Å². The summed E-state index contributed by atoms with van der Waals surface area (Å²) >= 11 is 0. The molecule has 2 N–H and O–H groups in total. The Bertz CT molecular complexity index is 1180. The Labute approximate surface area is 181 Å². The lowest BCUT2D eigenvalue weighted by atomic mass is 10.1. The minimum atomic E-state index is -3.85. The molecule has 1 unspecified atom stereocenters. The summed E-state index contributed by atoms with van der Waals surface area (Å²) in [7, 11) is -3.85. The van der Waals surface area contributed by atoms with E-state index >= 15 is 0 Å². The first-order valence-corrected chi connectivity index (χ1v) is 11.1. The summed E-state index contributed by atoms with van der Waals surface area (Å²) in [5, 5.41) is 2.71. The maximum absolute atomic E-state index is 13.0. The monoisotopic (exact) mass is 442 g/mol. The fourth-order valence-corrected chi connectivity index (χ4v) is 3.83. The number of anilines is 2. The van der Waals surface area contributed by atoms with Gasteiger partial charge in [-0.1, -0.05) is 12.1 Å². The highest BCUT2D eigenvalue weighted by molar-refractivity contribution is 7.92. The first-order valence-electron chi connectivity index (χ1n) is 9.57. The summed E-state index contributed by atoms with van der Waals surface area (Å²) in [4.78, 5) is 12.5. The van der Waals surface area contributed by atoms with Crippen molar-refractivity contribution >= 4 is 27.3 Å². The van der Waals surface area contributed by atoms with Gasteiger partial charge in [-0.3, -0.25) is 9.52 Å². The topological polar surface area (TPSA) is 84.5 Å². The van der Waals surface area contributed by atoms with Gasteiger partial charge in [-0.15, -0.1) is 0 Å². The Morgan fingerprint density at radius 3 is 2.19 bits per heavy atom. The van der Waals surface area contributed by atoms with E-state index in [1.54, 1.807) is 6.92 Å². The summed E-state index contributed by atoms with van der Waals surface area (Å²) in [6.07, 6.45) is -0.746. The van der Waals surface area contributed by atoms with Gasteiger partial charge in [0.05, 0.1) is 4.90 Å². The van der Waals surface area contributed by atoms with Crippen molar-refractivity contribution in [3.63, 3.8) is 0 Å². The molecule has 8 heteroatoms. The van der Waals surface area contributed by atoms with Gasteiger partial charge < -0.3 is 10.1 Å². The zero-order valence-corrected chi connectivity index (χ0v) is 18.2. The maximum Gasteiger partial charge on any atom is 0.265 e. The lowest BCUT2D eigenvalue weighted by Crippen LogP contribution is -2.30. The van der Waals surface area contributed by atoms with Crippen molar-refractivity contribution in [3.8, 4) is 5.75 Å². The number of rotatable bonds is 7. The second-order valence-electron chi connectivity index (χ2n) is 7.16. The van der Waals surface area contributed by atoms with Crippen LogP contribution in [0.1, 0.15) is 18.1 Å². The molecular formula is C23H23FN2O4S. The second-order valence-corrected chi connectivity index (χ2v) is 8.84. The van der Waals surface area contributed by atoms with Crippen LogP contribution in [0.15, 0.2) is 71.6 Å². The van der Waals surface area contributed by atoms with Crippen LogP contribution in [0.5, 0.6) is 5.75 Å². The van der Waals surface area contributed by atoms with E-state index < -0.39 is 21.9 Å². The summed E-state index contributed by atoms with van der Waals surface area (Å²) in [5.41, 5.74) is 2.63. The number of halogens is 1. The summed E-state index contributed by atoms with van der Waals surface area (Å²) < 4.78 is 46.1. The third kappa shape index (κ3) is 5.82. The first-order chi connectivity index (χ1) is 14.6. The van der Waals surface area contributed by atoms with Crippen molar-refractivity contribution in [2.45, 2.75) is 31.8 Å². The van der Waals surface area contributed by atoms with Gasteiger partial charge >= 0.3 is 0 Å². The van der Waals surface area contributed by atoms with Crippen LogP contribution in [0.3, 0.4) is 0 Å². The molecule has 0 radical (unpaired) electrons. The zero-order chi connectivity index (χ0) is 22.6. The molecule has 6 nitrogen and oxygen atoms in total. The third-order valence-corrected chi connectivity index (χ3v) is 5.94. The van der Waals surface area contributed by atoms with Crippen LogP contribution in [0.25, 0.3) is 0 Å². The SMILES string of the molecule is Cc1ccc(C)c(OC(C)C(=O)Nc2ccc(S(=O)(=O)Nc3ccc(F)cc3)cc2)c1. The molecule has 0 spiro atoms. The van der Waals surface area contributed by atoms with Gasteiger partial charge in [-0.05, 0) is 86.5 Å². The largest absolute Gasteiger partial charge is 0.481 e. The van der Waals surface area contributed by atoms with Crippen LogP contribution in [0.2, 0.25) is 0 Å². The number of carbonyl (C=O) groups excluding carboxylic acids is 1. The molecule has 0 aliphatic heterocycles. The maximum atomic E-state index is 13.0. The molecule has 0 aliphatic rings. The van der Waals surface area contributed by atoms with E-state index in [1.165, 1.54) is 36.4 Å². The molecule has 0 fully saturated rings. The number of aryl methyl sites for hydroxylation is 2. The van der Waals surface area contributed by atoms with Crippen LogP contribution >= 0.6 is 0 Å². The molecule has 1 atom stereocenters. The third-order valence-electron chi connectivity index (χ3n) is 4.55. The Kier molecular flexibility index (Phi) is 6.60. The van der Waals surface area contributed by atoms with Gasteiger partial charge in [0.15, 0.2) is 6.10 Å². The van der Waals surface area contributed by atoms with Crippen molar-refractivity contribution in [1.29, 1.82) is 0 Å². The molecule has 0 saturated carbocycles. The van der Waals surface area contributed by atoms with E-state index in [0.717, 1.165) is 23.3 Å². The molecule has 0 bridgehead atoms. The highest BCUT2D eigenvalue weighted by Gasteiger charge is 2.18. The van der Waals surface area contributed by atoms with Crippen LogP contribution in [0.4, 0.5) is 15.8 Å². The van der Waals surface area contributed by atoms with E-state index in [0.29, 0.717) is 11.4 Å². The molecule has 0 saturated heterocycles. The molecule has 3 aromatic carbocycles. The van der Waals surface area contributed by atoms with E-state index in [9.17, 15) is 17.6 Å². The van der Waals surface area contributed by atoms with Crippen LogP contribution in [0, 0.1) is 19.7 Å². The summed E-state index contributed by atoms with van der Waals surface area (Å²) in [6, 6.07) is 16.5. The van der Waals surface area contributed by atoms with Gasteiger partial charge in [-0.25, -0.2) is 12.8 Å². The average molecular weight is 443 g/mol. The number of amides is 1.